The maximum Gasteiger partial charge on any atom is 0.321 e. The van der Waals surface area contributed by atoms with Crippen LogP contribution in [0.25, 0.3) is 0 Å². The van der Waals surface area contributed by atoms with E-state index < -0.39 is 12.0 Å². The summed E-state index contributed by atoms with van der Waals surface area (Å²) < 4.78 is 0. The Kier molecular flexibility index (Phi) is 4.66. The van der Waals surface area contributed by atoms with Crippen molar-refractivity contribution >= 4 is 5.97 Å². The third-order valence-corrected chi connectivity index (χ3v) is 2.74. The maximum atomic E-state index is 10.9. The molecule has 3 nitrogen and oxygen atoms in total. The van der Waals surface area contributed by atoms with Gasteiger partial charge in [0, 0.05) is 6.04 Å². The van der Waals surface area contributed by atoms with Crippen LogP contribution < -0.4 is 5.32 Å². The second kappa shape index (κ2) is 5.81. The lowest BCUT2D eigenvalue weighted by molar-refractivity contribution is -0.139. The molecule has 0 aromatic rings. The van der Waals surface area contributed by atoms with Gasteiger partial charge in [-0.3, -0.25) is 4.79 Å². The van der Waals surface area contributed by atoms with Crippen LogP contribution in [0.2, 0.25) is 0 Å². The Hall–Kier alpha value is -0.830. The van der Waals surface area contributed by atoms with Crippen LogP contribution in [-0.2, 0) is 4.79 Å². The van der Waals surface area contributed by atoms with Crippen molar-refractivity contribution in [1.82, 2.24) is 5.32 Å². The second-order valence-corrected chi connectivity index (χ2v) is 3.92. The van der Waals surface area contributed by atoms with Crippen LogP contribution in [0.4, 0.5) is 0 Å². The minimum Gasteiger partial charge on any atom is -0.480 e. The highest BCUT2D eigenvalue weighted by molar-refractivity contribution is 5.73. The maximum absolute atomic E-state index is 10.9. The lowest BCUT2D eigenvalue weighted by atomic mass is 9.94. The van der Waals surface area contributed by atoms with Crippen LogP contribution in [0.1, 0.15) is 38.5 Å². The normalized spacial score (nSPS) is 20.3. The number of carboxylic acid groups (broad SMARTS) is 1. The fourth-order valence-electron chi connectivity index (χ4n) is 1.96. The number of rotatable bonds is 5. The first-order valence-electron chi connectivity index (χ1n) is 5.33. The third kappa shape index (κ3) is 3.50. The summed E-state index contributed by atoms with van der Waals surface area (Å²) in [5.41, 5.74) is 0. The summed E-state index contributed by atoms with van der Waals surface area (Å²) in [4.78, 5) is 10.9. The molecule has 0 aromatic heterocycles. The summed E-state index contributed by atoms with van der Waals surface area (Å²) >= 11 is 0. The molecule has 1 atom stereocenters. The van der Waals surface area contributed by atoms with Gasteiger partial charge in [-0.15, -0.1) is 6.58 Å². The van der Waals surface area contributed by atoms with Crippen molar-refractivity contribution in [3.8, 4) is 0 Å². The van der Waals surface area contributed by atoms with Crippen molar-refractivity contribution in [2.75, 3.05) is 0 Å². The van der Waals surface area contributed by atoms with Gasteiger partial charge in [-0.1, -0.05) is 25.3 Å². The van der Waals surface area contributed by atoms with Gasteiger partial charge in [0.25, 0.3) is 0 Å². The predicted octanol–water partition coefficient (Wildman–Crippen LogP) is 1.94. The molecular formula is C11H19NO2. The lowest BCUT2D eigenvalue weighted by Crippen LogP contribution is -2.43. The highest BCUT2D eigenvalue weighted by Gasteiger charge is 2.21. The Morgan fingerprint density at radius 1 is 1.50 bits per heavy atom. The Morgan fingerprint density at radius 2 is 2.14 bits per heavy atom. The second-order valence-electron chi connectivity index (χ2n) is 3.92. The highest BCUT2D eigenvalue weighted by atomic mass is 16.4. The van der Waals surface area contributed by atoms with Gasteiger partial charge in [-0.2, -0.15) is 0 Å². The molecule has 0 aromatic carbocycles. The van der Waals surface area contributed by atoms with Crippen LogP contribution in [0.3, 0.4) is 0 Å². The number of nitrogens with one attached hydrogen (secondary N) is 1. The molecule has 1 rings (SSSR count). The fourth-order valence-corrected chi connectivity index (χ4v) is 1.96. The molecule has 14 heavy (non-hydrogen) atoms. The van der Waals surface area contributed by atoms with Crippen molar-refractivity contribution in [3.63, 3.8) is 0 Å². The van der Waals surface area contributed by atoms with E-state index in [1.54, 1.807) is 6.08 Å². The van der Waals surface area contributed by atoms with Gasteiger partial charge in [-0.25, -0.2) is 0 Å². The molecule has 1 fully saturated rings. The highest BCUT2D eigenvalue weighted by Crippen LogP contribution is 2.18. The average molecular weight is 197 g/mol. The molecule has 0 unspecified atom stereocenters. The van der Waals surface area contributed by atoms with Crippen molar-refractivity contribution in [1.29, 1.82) is 0 Å². The molecule has 1 aliphatic carbocycles. The summed E-state index contributed by atoms with van der Waals surface area (Å²) in [6.45, 7) is 3.57. The van der Waals surface area contributed by atoms with E-state index in [1.807, 2.05) is 0 Å². The molecule has 1 saturated carbocycles. The molecule has 2 N–H and O–H groups in total. The van der Waals surface area contributed by atoms with E-state index in [1.165, 1.54) is 19.3 Å². The Balaban J connectivity index is 2.36. The van der Waals surface area contributed by atoms with Crippen LogP contribution in [0.5, 0.6) is 0 Å². The van der Waals surface area contributed by atoms with E-state index in [2.05, 4.69) is 11.9 Å². The van der Waals surface area contributed by atoms with Crippen molar-refractivity contribution in [3.05, 3.63) is 12.7 Å². The van der Waals surface area contributed by atoms with Gasteiger partial charge in [0.2, 0.25) is 0 Å². The topological polar surface area (TPSA) is 49.3 Å². The summed E-state index contributed by atoms with van der Waals surface area (Å²) in [5.74, 6) is -0.768. The molecular weight excluding hydrogens is 178 g/mol. The van der Waals surface area contributed by atoms with Gasteiger partial charge in [0.1, 0.15) is 6.04 Å². The van der Waals surface area contributed by atoms with Gasteiger partial charge in [0.15, 0.2) is 0 Å². The van der Waals surface area contributed by atoms with Crippen molar-refractivity contribution in [2.45, 2.75) is 50.6 Å². The quantitative estimate of drug-likeness (QED) is 0.662. The number of hydrogen-bond acceptors (Lipinski definition) is 2. The van der Waals surface area contributed by atoms with E-state index in [0.717, 1.165) is 12.8 Å². The number of carbonyl (C=O) groups is 1. The standard InChI is InChI=1S/C11H19NO2/c1-2-6-10(11(13)14)12-9-7-4-3-5-8-9/h2,9-10,12H,1,3-8H2,(H,13,14)/t10-/m0/s1. The smallest absolute Gasteiger partial charge is 0.321 e. The number of hydrogen-bond donors (Lipinski definition) is 2. The van der Waals surface area contributed by atoms with Crippen LogP contribution >= 0.6 is 0 Å². The molecule has 0 amide bonds. The molecule has 0 saturated heterocycles. The largest absolute Gasteiger partial charge is 0.480 e. The summed E-state index contributed by atoms with van der Waals surface area (Å²) in [5, 5.41) is 12.1. The van der Waals surface area contributed by atoms with Crippen molar-refractivity contribution in [2.24, 2.45) is 0 Å². The monoisotopic (exact) mass is 197 g/mol. The van der Waals surface area contributed by atoms with E-state index in [-0.39, 0.29) is 0 Å². The Morgan fingerprint density at radius 3 is 2.64 bits per heavy atom. The summed E-state index contributed by atoms with van der Waals surface area (Å²) in [7, 11) is 0. The van der Waals surface area contributed by atoms with Gasteiger partial charge < -0.3 is 10.4 Å². The number of carboxylic acids is 1. The molecule has 3 heteroatoms. The molecule has 0 heterocycles. The van der Waals surface area contributed by atoms with Crippen molar-refractivity contribution < 1.29 is 9.90 Å². The molecule has 0 radical (unpaired) electrons. The van der Waals surface area contributed by atoms with Crippen LogP contribution in [0.15, 0.2) is 12.7 Å². The fraction of sp³-hybridized carbons (Fsp3) is 0.727. The summed E-state index contributed by atoms with van der Waals surface area (Å²) in [6, 6.07) is -0.0552. The van der Waals surface area contributed by atoms with Gasteiger partial charge in [-0.05, 0) is 19.3 Å². The predicted molar refractivity (Wildman–Crippen MR) is 56.2 cm³/mol. The molecule has 80 valence electrons. The zero-order valence-corrected chi connectivity index (χ0v) is 8.54. The van der Waals surface area contributed by atoms with Gasteiger partial charge >= 0.3 is 5.97 Å². The van der Waals surface area contributed by atoms with E-state index in [4.69, 9.17) is 5.11 Å². The summed E-state index contributed by atoms with van der Waals surface area (Å²) in [6.07, 6.45) is 8.12. The zero-order chi connectivity index (χ0) is 10.4. The first-order valence-corrected chi connectivity index (χ1v) is 5.33. The average Bonchev–Trinajstić information content (AvgIpc) is 2.18. The third-order valence-electron chi connectivity index (χ3n) is 2.74. The molecule has 0 bridgehead atoms. The first kappa shape index (κ1) is 11.2. The molecule has 0 spiro atoms. The first-order chi connectivity index (χ1) is 6.74. The Labute approximate surface area is 85.2 Å². The Bertz CT molecular complexity index is 197. The van der Waals surface area contributed by atoms with Crippen LogP contribution in [-0.4, -0.2) is 23.2 Å². The van der Waals surface area contributed by atoms with E-state index in [9.17, 15) is 4.79 Å². The van der Waals surface area contributed by atoms with E-state index >= 15 is 0 Å². The minimum absolute atomic E-state index is 0.393. The number of aliphatic carboxylic acids is 1. The SMILES string of the molecule is C=CC[C@H](NC1CCCCC1)C(=O)O. The van der Waals surface area contributed by atoms with E-state index in [0.29, 0.717) is 12.5 Å². The van der Waals surface area contributed by atoms with Crippen LogP contribution in [0, 0.1) is 0 Å². The molecule has 1 aliphatic rings. The lowest BCUT2D eigenvalue weighted by Gasteiger charge is -2.25. The zero-order valence-electron chi connectivity index (χ0n) is 8.54. The minimum atomic E-state index is -0.768. The van der Waals surface area contributed by atoms with Gasteiger partial charge in [0.05, 0.1) is 0 Å². The molecule has 0 aliphatic heterocycles.